The summed E-state index contributed by atoms with van der Waals surface area (Å²) >= 11 is 0. The molecule has 1 saturated carbocycles. The van der Waals surface area contributed by atoms with Gasteiger partial charge in [-0.25, -0.2) is 0 Å². The molecule has 0 aromatic heterocycles. The number of hydrogen-bond acceptors (Lipinski definition) is 3. The highest BCUT2D eigenvalue weighted by Gasteiger charge is 2.10. The third-order valence-corrected chi connectivity index (χ3v) is 2.66. The van der Waals surface area contributed by atoms with E-state index < -0.39 is 10.1 Å². The quantitative estimate of drug-likeness (QED) is 0.681. The van der Waals surface area contributed by atoms with Crippen molar-refractivity contribution in [2.45, 2.75) is 38.1 Å². The molecule has 0 amide bonds. The summed E-state index contributed by atoms with van der Waals surface area (Å²) in [4.78, 5) is 0. The largest absolute Gasteiger partial charge is 0.388 e. The predicted molar refractivity (Wildman–Crippen MR) is 50.7 cm³/mol. The van der Waals surface area contributed by atoms with E-state index in [0.29, 0.717) is 6.04 Å². The molecule has 1 fully saturated rings. The van der Waals surface area contributed by atoms with Gasteiger partial charge in [0.25, 0.3) is 10.1 Å². The van der Waals surface area contributed by atoms with Crippen LogP contribution in [0.1, 0.15) is 32.1 Å². The van der Waals surface area contributed by atoms with Crippen LogP contribution in [0.15, 0.2) is 11.6 Å². The monoisotopic (exact) mass is 205 g/mol. The molecule has 0 aliphatic heterocycles. The van der Waals surface area contributed by atoms with Crippen LogP contribution in [0, 0.1) is 0 Å². The van der Waals surface area contributed by atoms with Crippen molar-refractivity contribution in [3.63, 3.8) is 0 Å². The molecule has 4 nitrogen and oxygen atoms in total. The van der Waals surface area contributed by atoms with E-state index in [4.69, 9.17) is 4.55 Å². The zero-order valence-electron chi connectivity index (χ0n) is 7.44. The van der Waals surface area contributed by atoms with Crippen LogP contribution in [-0.2, 0) is 10.1 Å². The molecule has 5 heteroatoms. The van der Waals surface area contributed by atoms with Crippen molar-refractivity contribution < 1.29 is 13.0 Å². The molecule has 0 saturated heterocycles. The van der Waals surface area contributed by atoms with Crippen LogP contribution in [0.25, 0.3) is 0 Å². The van der Waals surface area contributed by atoms with Gasteiger partial charge in [-0.3, -0.25) is 4.55 Å². The van der Waals surface area contributed by atoms with Crippen molar-refractivity contribution in [3.05, 3.63) is 11.6 Å². The third kappa shape index (κ3) is 4.90. The molecule has 0 aromatic rings. The lowest BCUT2D eigenvalue weighted by Crippen LogP contribution is -2.26. The molecule has 0 aromatic carbocycles. The maximum absolute atomic E-state index is 10.3. The maximum atomic E-state index is 10.3. The minimum absolute atomic E-state index is 0.367. The summed E-state index contributed by atoms with van der Waals surface area (Å²) in [5.41, 5.74) is 0. The highest BCUT2D eigenvalue weighted by atomic mass is 32.2. The van der Waals surface area contributed by atoms with E-state index in [2.05, 4.69) is 5.32 Å². The first kappa shape index (κ1) is 10.5. The number of nitrogens with one attached hydrogen (secondary N) is 1. The Kier molecular flexibility index (Phi) is 3.74. The van der Waals surface area contributed by atoms with Crippen LogP contribution in [0.4, 0.5) is 0 Å². The Balaban J connectivity index is 2.29. The van der Waals surface area contributed by atoms with E-state index in [1.165, 1.54) is 25.5 Å². The maximum Gasteiger partial charge on any atom is 0.289 e. The van der Waals surface area contributed by atoms with Gasteiger partial charge in [-0.05, 0) is 12.8 Å². The topological polar surface area (TPSA) is 66.4 Å². The molecule has 0 atom stereocenters. The highest BCUT2D eigenvalue weighted by molar-refractivity contribution is 7.88. The van der Waals surface area contributed by atoms with Crippen LogP contribution in [-0.4, -0.2) is 19.0 Å². The SMILES string of the molecule is O=S(=O)(O)C=CNC1CCCCC1. The molecule has 0 spiro atoms. The molecule has 1 rings (SSSR count). The smallest absolute Gasteiger partial charge is 0.289 e. The zero-order chi connectivity index (χ0) is 9.73. The second kappa shape index (κ2) is 4.62. The van der Waals surface area contributed by atoms with Crippen molar-refractivity contribution >= 4 is 10.1 Å². The molecule has 2 N–H and O–H groups in total. The van der Waals surface area contributed by atoms with E-state index in [0.717, 1.165) is 18.2 Å². The lowest BCUT2D eigenvalue weighted by Gasteiger charge is -2.21. The Bertz CT molecular complexity index is 265. The van der Waals surface area contributed by atoms with Gasteiger partial charge < -0.3 is 5.32 Å². The first-order valence-corrected chi connectivity index (χ1v) is 5.98. The predicted octanol–water partition coefficient (Wildman–Crippen LogP) is 1.27. The van der Waals surface area contributed by atoms with Crippen molar-refractivity contribution in [1.29, 1.82) is 0 Å². The fraction of sp³-hybridized carbons (Fsp3) is 0.750. The van der Waals surface area contributed by atoms with Gasteiger partial charge in [0.2, 0.25) is 0 Å². The average molecular weight is 205 g/mol. The summed E-state index contributed by atoms with van der Waals surface area (Å²) in [5, 5.41) is 3.74. The van der Waals surface area contributed by atoms with Gasteiger partial charge in [0.1, 0.15) is 0 Å². The lowest BCUT2D eigenvalue weighted by molar-refractivity contribution is 0.404. The highest BCUT2D eigenvalue weighted by Crippen LogP contribution is 2.17. The van der Waals surface area contributed by atoms with E-state index in [-0.39, 0.29) is 0 Å². The normalized spacial score (nSPS) is 20.7. The zero-order valence-corrected chi connectivity index (χ0v) is 8.26. The van der Waals surface area contributed by atoms with E-state index in [1.807, 2.05) is 0 Å². The summed E-state index contributed by atoms with van der Waals surface area (Å²) in [5.74, 6) is 0. The van der Waals surface area contributed by atoms with Gasteiger partial charge in [0.05, 0.1) is 5.41 Å². The minimum Gasteiger partial charge on any atom is -0.388 e. The molecule has 0 bridgehead atoms. The second-order valence-electron chi connectivity index (χ2n) is 3.32. The Labute approximate surface area is 78.8 Å². The molecular weight excluding hydrogens is 190 g/mol. The van der Waals surface area contributed by atoms with Gasteiger partial charge in [-0.2, -0.15) is 8.42 Å². The molecule has 13 heavy (non-hydrogen) atoms. The molecule has 1 aliphatic carbocycles. The molecular formula is C8H15NO3S. The van der Waals surface area contributed by atoms with Crippen LogP contribution >= 0.6 is 0 Å². The van der Waals surface area contributed by atoms with Crippen LogP contribution in [0.3, 0.4) is 0 Å². The Morgan fingerprint density at radius 3 is 2.38 bits per heavy atom. The van der Waals surface area contributed by atoms with E-state index in [9.17, 15) is 8.42 Å². The first-order chi connectivity index (χ1) is 6.08. The molecule has 1 aliphatic rings. The van der Waals surface area contributed by atoms with Crippen LogP contribution < -0.4 is 5.32 Å². The molecule has 0 radical (unpaired) electrons. The average Bonchev–Trinajstić information content (AvgIpc) is 2.04. The Morgan fingerprint density at radius 1 is 1.23 bits per heavy atom. The Morgan fingerprint density at radius 2 is 1.85 bits per heavy atom. The standard InChI is InChI=1S/C8H15NO3S/c10-13(11,12)7-6-9-8-4-2-1-3-5-8/h6-9H,1-5H2,(H,10,11,12). The van der Waals surface area contributed by atoms with Crippen LogP contribution in [0.2, 0.25) is 0 Å². The fourth-order valence-electron chi connectivity index (χ4n) is 1.53. The van der Waals surface area contributed by atoms with Crippen molar-refractivity contribution in [3.8, 4) is 0 Å². The summed E-state index contributed by atoms with van der Waals surface area (Å²) in [6.07, 6.45) is 7.12. The minimum atomic E-state index is -3.97. The number of hydrogen-bond donors (Lipinski definition) is 2. The van der Waals surface area contributed by atoms with E-state index in [1.54, 1.807) is 0 Å². The van der Waals surface area contributed by atoms with Crippen molar-refractivity contribution in [1.82, 2.24) is 5.32 Å². The number of rotatable bonds is 3. The summed E-state index contributed by atoms with van der Waals surface area (Å²) in [6, 6.07) is 0.367. The van der Waals surface area contributed by atoms with E-state index >= 15 is 0 Å². The molecule has 76 valence electrons. The van der Waals surface area contributed by atoms with Gasteiger partial charge in [0, 0.05) is 12.2 Å². The summed E-state index contributed by atoms with van der Waals surface area (Å²) in [6.45, 7) is 0. The summed E-state index contributed by atoms with van der Waals surface area (Å²) in [7, 11) is -3.97. The van der Waals surface area contributed by atoms with Gasteiger partial charge in [0.15, 0.2) is 0 Å². The molecule has 0 heterocycles. The van der Waals surface area contributed by atoms with Gasteiger partial charge in [-0.1, -0.05) is 19.3 Å². The fourth-order valence-corrected chi connectivity index (χ4v) is 1.78. The van der Waals surface area contributed by atoms with Gasteiger partial charge in [-0.15, -0.1) is 0 Å². The van der Waals surface area contributed by atoms with Crippen molar-refractivity contribution in [2.24, 2.45) is 0 Å². The third-order valence-electron chi connectivity index (χ3n) is 2.18. The summed E-state index contributed by atoms with van der Waals surface area (Å²) < 4.78 is 29.0. The lowest BCUT2D eigenvalue weighted by atomic mass is 9.96. The first-order valence-electron chi connectivity index (χ1n) is 4.48. The molecule has 0 unspecified atom stereocenters. The van der Waals surface area contributed by atoms with Crippen LogP contribution in [0.5, 0.6) is 0 Å². The van der Waals surface area contributed by atoms with Crippen molar-refractivity contribution in [2.75, 3.05) is 0 Å². The second-order valence-corrected chi connectivity index (χ2v) is 4.62. The Hall–Kier alpha value is -0.550. The van der Waals surface area contributed by atoms with Gasteiger partial charge >= 0.3 is 0 Å².